The van der Waals surface area contributed by atoms with E-state index in [1.807, 2.05) is 37.3 Å². The number of aromatic amines is 1. The average Bonchev–Trinajstić information content (AvgIpc) is 2.95. The lowest BCUT2D eigenvalue weighted by Gasteiger charge is -1.85. The monoisotopic (exact) mass is 213 g/mol. The Morgan fingerprint density at radius 2 is 2.19 bits per heavy atom. The molecule has 0 spiro atoms. The van der Waals surface area contributed by atoms with Gasteiger partial charge in [-0.1, -0.05) is 30.3 Å². The first-order chi connectivity index (χ1) is 7.86. The maximum Gasteiger partial charge on any atom is 0.274 e. The van der Waals surface area contributed by atoms with Crippen LogP contribution >= 0.6 is 0 Å². The van der Waals surface area contributed by atoms with Crippen molar-refractivity contribution in [1.29, 1.82) is 0 Å². The highest BCUT2D eigenvalue weighted by molar-refractivity contribution is 5.84. The molecule has 80 valence electrons. The fourth-order valence-electron chi connectivity index (χ4n) is 1.70. The van der Waals surface area contributed by atoms with Crippen LogP contribution in [0, 0.1) is 0 Å². The molecule has 16 heavy (non-hydrogen) atoms. The number of benzene rings is 1. The molecular formula is C12H11N3O. The molecule has 0 saturated carbocycles. The molecule has 0 aliphatic heterocycles. The summed E-state index contributed by atoms with van der Waals surface area (Å²) in [6.07, 6.45) is 0.781. The number of nitrogens with zero attached hydrogens (tertiary/aromatic N) is 2. The van der Waals surface area contributed by atoms with E-state index in [1.54, 1.807) is 0 Å². The van der Waals surface area contributed by atoms with E-state index in [0.29, 0.717) is 5.89 Å². The third-order valence-corrected chi connectivity index (χ3v) is 2.54. The van der Waals surface area contributed by atoms with Crippen molar-refractivity contribution < 1.29 is 4.52 Å². The van der Waals surface area contributed by atoms with Crippen LogP contribution in [-0.2, 0) is 6.42 Å². The number of aryl methyl sites for hydroxylation is 1. The van der Waals surface area contributed by atoms with Crippen LogP contribution in [0.1, 0.15) is 12.7 Å². The van der Waals surface area contributed by atoms with Gasteiger partial charge in [-0.3, -0.25) is 0 Å². The predicted octanol–water partition coefficient (Wildman–Crippen LogP) is 2.78. The summed E-state index contributed by atoms with van der Waals surface area (Å²) in [6.45, 7) is 2.00. The topological polar surface area (TPSA) is 54.7 Å². The van der Waals surface area contributed by atoms with Crippen molar-refractivity contribution in [2.24, 2.45) is 0 Å². The van der Waals surface area contributed by atoms with Crippen LogP contribution in [0.4, 0.5) is 0 Å². The van der Waals surface area contributed by atoms with Gasteiger partial charge in [-0.2, -0.15) is 4.98 Å². The number of aromatic nitrogens is 3. The van der Waals surface area contributed by atoms with Gasteiger partial charge in [-0.15, -0.1) is 0 Å². The molecule has 0 saturated heterocycles. The smallest absolute Gasteiger partial charge is 0.274 e. The summed E-state index contributed by atoms with van der Waals surface area (Å²) in [5.41, 5.74) is 1.95. The fraction of sp³-hybridized carbons (Fsp3) is 0.167. The summed E-state index contributed by atoms with van der Waals surface area (Å²) in [7, 11) is 0. The minimum Gasteiger partial charge on any atom is -0.351 e. The van der Waals surface area contributed by atoms with Gasteiger partial charge in [-0.05, 0) is 12.1 Å². The second-order valence-electron chi connectivity index (χ2n) is 3.64. The van der Waals surface area contributed by atoms with Crippen molar-refractivity contribution in [3.05, 3.63) is 36.2 Å². The van der Waals surface area contributed by atoms with Crippen LogP contribution in [0.5, 0.6) is 0 Å². The molecule has 4 heteroatoms. The van der Waals surface area contributed by atoms with E-state index in [-0.39, 0.29) is 0 Å². The lowest BCUT2D eigenvalue weighted by molar-refractivity contribution is 0.422. The Morgan fingerprint density at radius 3 is 2.94 bits per heavy atom. The highest BCUT2D eigenvalue weighted by Crippen LogP contribution is 2.22. The zero-order valence-electron chi connectivity index (χ0n) is 8.90. The quantitative estimate of drug-likeness (QED) is 0.712. The lowest BCUT2D eigenvalue weighted by atomic mass is 10.2. The molecule has 0 radical (unpaired) electrons. The van der Waals surface area contributed by atoms with E-state index in [9.17, 15) is 0 Å². The predicted molar refractivity (Wildman–Crippen MR) is 61.0 cm³/mol. The fourth-order valence-corrected chi connectivity index (χ4v) is 1.70. The molecule has 2 aromatic heterocycles. The average molecular weight is 213 g/mol. The molecule has 0 bridgehead atoms. The molecule has 1 N–H and O–H groups in total. The molecule has 0 fully saturated rings. The molecule has 0 atom stereocenters. The van der Waals surface area contributed by atoms with Crippen LogP contribution in [0.25, 0.3) is 22.5 Å². The van der Waals surface area contributed by atoms with Gasteiger partial charge in [-0.25, -0.2) is 0 Å². The standard InChI is InChI=1S/C12H11N3O/c1-2-11-14-12(16-15-11)10-7-8-5-3-4-6-9(8)13-10/h3-7,13H,2H2,1H3. The first-order valence-electron chi connectivity index (χ1n) is 5.27. The largest absolute Gasteiger partial charge is 0.351 e. The second kappa shape index (κ2) is 3.48. The van der Waals surface area contributed by atoms with Crippen LogP contribution < -0.4 is 0 Å². The minimum absolute atomic E-state index is 0.549. The number of fused-ring (bicyclic) bond motifs is 1. The van der Waals surface area contributed by atoms with E-state index < -0.39 is 0 Å². The number of nitrogens with one attached hydrogen (secondary N) is 1. The summed E-state index contributed by atoms with van der Waals surface area (Å²) in [6, 6.07) is 10.1. The normalized spacial score (nSPS) is 11.1. The van der Waals surface area contributed by atoms with E-state index >= 15 is 0 Å². The third kappa shape index (κ3) is 1.39. The molecule has 0 aliphatic rings. The summed E-state index contributed by atoms with van der Waals surface area (Å²) < 4.78 is 5.18. The van der Waals surface area contributed by atoms with Gasteiger partial charge >= 0.3 is 0 Å². The molecular weight excluding hydrogens is 202 g/mol. The summed E-state index contributed by atoms with van der Waals surface area (Å²) in [4.78, 5) is 7.54. The van der Waals surface area contributed by atoms with E-state index in [2.05, 4.69) is 15.1 Å². The second-order valence-corrected chi connectivity index (χ2v) is 3.64. The molecule has 1 aromatic carbocycles. The van der Waals surface area contributed by atoms with Gasteiger partial charge in [0.2, 0.25) is 0 Å². The molecule has 0 aliphatic carbocycles. The summed E-state index contributed by atoms with van der Waals surface area (Å²) >= 11 is 0. The number of para-hydroxylation sites is 1. The van der Waals surface area contributed by atoms with Crippen molar-refractivity contribution in [2.45, 2.75) is 13.3 Å². The van der Waals surface area contributed by atoms with Crippen LogP contribution in [-0.4, -0.2) is 15.1 Å². The highest BCUT2D eigenvalue weighted by Gasteiger charge is 2.09. The first-order valence-corrected chi connectivity index (χ1v) is 5.27. The maximum absolute atomic E-state index is 5.18. The summed E-state index contributed by atoms with van der Waals surface area (Å²) in [5, 5.41) is 5.02. The van der Waals surface area contributed by atoms with Crippen molar-refractivity contribution in [3.8, 4) is 11.6 Å². The molecule has 2 heterocycles. The zero-order valence-corrected chi connectivity index (χ0v) is 8.90. The lowest BCUT2D eigenvalue weighted by Crippen LogP contribution is -1.82. The number of H-pyrrole nitrogens is 1. The Kier molecular flexibility index (Phi) is 1.99. The minimum atomic E-state index is 0.549. The van der Waals surface area contributed by atoms with Crippen molar-refractivity contribution >= 4 is 10.9 Å². The Balaban J connectivity index is 2.11. The number of hydrogen-bond donors (Lipinski definition) is 1. The Morgan fingerprint density at radius 1 is 1.31 bits per heavy atom. The van der Waals surface area contributed by atoms with Crippen LogP contribution in [0.2, 0.25) is 0 Å². The Labute approximate surface area is 92.3 Å². The Hall–Kier alpha value is -2.10. The van der Waals surface area contributed by atoms with E-state index in [0.717, 1.165) is 28.8 Å². The van der Waals surface area contributed by atoms with E-state index in [1.165, 1.54) is 0 Å². The zero-order chi connectivity index (χ0) is 11.0. The highest BCUT2D eigenvalue weighted by atomic mass is 16.5. The van der Waals surface area contributed by atoms with Gasteiger partial charge in [0.25, 0.3) is 5.89 Å². The van der Waals surface area contributed by atoms with Gasteiger partial charge in [0, 0.05) is 17.3 Å². The van der Waals surface area contributed by atoms with Crippen LogP contribution in [0.15, 0.2) is 34.9 Å². The van der Waals surface area contributed by atoms with Crippen LogP contribution in [0.3, 0.4) is 0 Å². The SMILES string of the molecule is CCc1noc(-c2cc3ccccc3[nH]2)n1. The Bertz CT molecular complexity index is 591. The van der Waals surface area contributed by atoms with Gasteiger partial charge in [0.15, 0.2) is 5.82 Å². The van der Waals surface area contributed by atoms with Gasteiger partial charge in [0.1, 0.15) is 5.69 Å². The van der Waals surface area contributed by atoms with Crippen molar-refractivity contribution in [2.75, 3.05) is 0 Å². The van der Waals surface area contributed by atoms with Crippen molar-refractivity contribution in [1.82, 2.24) is 15.1 Å². The number of rotatable bonds is 2. The summed E-state index contributed by atoms with van der Waals surface area (Å²) in [5.74, 6) is 1.28. The third-order valence-electron chi connectivity index (χ3n) is 2.54. The van der Waals surface area contributed by atoms with E-state index in [4.69, 9.17) is 4.52 Å². The molecule has 3 aromatic rings. The van der Waals surface area contributed by atoms with Gasteiger partial charge in [0.05, 0.1) is 0 Å². The van der Waals surface area contributed by atoms with Gasteiger partial charge < -0.3 is 9.51 Å². The molecule has 0 amide bonds. The number of hydrogen-bond acceptors (Lipinski definition) is 3. The molecule has 0 unspecified atom stereocenters. The molecule has 3 rings (SSSR count). The van der Waals surface area contributed by atoms with Crippen molar-refractivity contribution in [3.63, 3.8) is 0 Å². The molecule has 4 nitrogen and oxygen atoms in total. The first kappa shape index (κ1) is 9.15. The maximum atomic E-state index is 5.18.